The van der Waals surface area contributed by atoms with E-state index in [1.165, 1.54) is 4.70 Å². The lowest BCUT2D eigenvalue weighted by Gasteiger charge is -2.09. The minimum absolute atomic E-state index is 0.710. The molecule has 0 spiro atoms. The maximum absolute atomic E-state index is 5.72. The first-order valence-electron chi connectivity index (χ1n) is 7.36. The van der Waals surface area contributed by atoms with E-state index in [1.807, 2.05) is 30.3 Å². The Balaban J connectivity index is 1.50. The van der Waals surface area contributed by atoms with E-state index in [1.54, 1.807) is 11.3 Å². The number of anilines is 1. The van der Waals surface area contributed by atoms with Crippen molar-refractivity contribution in [2.45, 2.75) is 13.0 Å². The van der Waals surface area contributed by atoms with Crippen molar-refractivity contribution in [3.8, 4) is 11.5 Å². The number of benzene rings is 2. The molecule has 2 aromatic carbocycles. The maximum atomic E-state index is 5.72. The van der Waals surface area contributed by atoms with Crippen molar-refractivity contribution in [3.05, 3.63) is 48.0 Å². The highest BCUT2D eigenvalue weighted by Gasteiger charge is 2.11. The van der Waals surface area contributed by atoms with Gasteiger partial charge in [0.1, 0.15) is 0 Å². The Morgan fingerprint density at radius 1 is 1.05 bits per heavy atom. The van der Waals surface area contributed by atoms with Crippen molar-refractivity contribution < 1.29 is 9.47 Å². The summed E-state index contributed by atoms with van der Waals surface area (Å²) in [4.78, 5) is 4.58. The number of rotatable bonds is 3. The fourth-order valence-electron chi connectivity index (χ4n) is 2.44. The van der Waals surface area contributed by atoms with Crippen molar-refractivity contribution >= 4 is 26.7 Å². The molecule has 0 atom stereocenters. The summed E-state index contributed by atoms with van der Waals surface area (Å²) in [7, 11) is 0. The minimum atomic E-state index is 0.710. The van der Waals surface area contributed by atoms with Crippen molar-refractivity contribution in [2.24, 2.45) is 0 Å². The first kappa shape index (κ1) is 13.4. The number of fused-ring (bicyclic) bond motifs is 2. The van der Waals surface area contributed by atoms with Crippen molar-refractivity contribution in [1.82, 2.24) is 4.98 Å². The van der Waals surface area contributed by atoms with E-state index in [9.17, 15) is 0 Å². The Labute approximate surface area is 132 Å². The van der Waals surface area contributed by atoms with E-state index in [0.29, 0.717) is 6.61 Å². The molecule has 112 valence electrons. The molecule has 4 rings (SSSR count). The van der Waals surface area contributed by atoms with E-state index >= 15 is 0 Å². The fraction of sp³-hybridized carbons (Fsp3) is 0.235. The average Bonchev–Trinajstić information content (AvgIpc) is 2.82. The first-order valence-corrected chi connectivity index (χ1v) is 8.18. The van der Waals surface area contributed by atoms with Gasteiger partial charge in [-0.3, -0.25) is 0 Å². The van der Waals surface area contributed by atoms with E-state index in [-0.39, 0.29) is 0 Å². The fourth-order valence-corrected chi connectivity index (χ4v) is 3.30. The number of para-hydroxylation sites is 1. The van der Waals surface area contributed by atoms with Gasteiger partial charge in [0.25, 0.3) is 0 Å². The number of nitrogens with one attached hydrogen (secondary N) is 1. The number of aromatic nitrogens is 1. The summed E-state index contributed by atoms with van der Waals surface area (Å²) in [5, 5.41) is 4.32. The molecule has 1 N–H and O–H groups in total. The van der Waals surface area contributed by atoms with E-state index in [0.717, 1.165) is 47.3 Å². The molecule has 0 bridgehead atoms. The number of thiazole rings is 1. The zero-order chi connectivity index (χ0) is 14.8. The van der Waals surface area contributed by atoms with E-state index < -0.39 is 0 Å². The van der Waals surface area contributed by atoms with Crippen LogP contribution < -0.4 is 14.8 Å². The highest BCUT2D eigenvalue weighted by molar-refractivity contribution is 7.22. The summed E-state index contributed by atoms with van der Waals surface area (Å²) in [6, 6.07) is 14.3. The standard InChI is InChI=1S/C17H16N2O2S/c1-2-5-16-13(4-1)19-17(22-16)18-11-12-6-7-14-15(10-12)21-9-3-8-20-14/h1-2,4-7,10H,3,8-9,11H2,(H,18,19). The van der Waals surface area contributed by atoms with Gasteiger partial charge < -0.3 is 14.8 Å². The summed E-state index contributed by atoms with van der Waals surface area (Å²) in [6.07, 6.45) is 0.925. The Kier molecular flexibility index (Phi) is 3.56. The number of ether oxygens (including phenoxy) is 2. The topological polar surface area (TPSA) is 43.4 Å². The first-order chi connectivity index (χ1) is 10.9. The van der Waals surface area contributed by atoms with Gasteiger partial charge in [-0.15, -0.1) is 0 Å². The molecule has 22 heavy (non-hydrogen) atoms. The van der Waals surface area contributed by atoms with Gasteiger partial charge in [-0.05, 0) is 29.8 Å². The van der Waals surface area contributed by atoms with Gasteiger partial charge in [0.2, 0.25) is 0 Å². The lowest BCUT2D eigenvalue weighted by molar-refractivity contribution is 0.297. The van der Waals surface area contributed by atoms with Gasteiger partial charge in [0.15, 0.2) is 16.6 Å². The largest absolute Gasteiger partial charge is 0.490 e. The molecule has 1 aliphatic heterocycles. The molecule has 0 amide bonds. The highest BCUT2D eigenvalue weighted by Crippen LogP contribution is 2.31. The number of hydrogen-bond donors (Lipinski definition) is 1. The summed E-state index contributed by atoms with van der Waals surface area (Å²) < 4.78 is 12.6. The van der Waals surface area contributed by atoms with E-state index in [4.69, 9.17) is 9.47 Å². The molecular weight excluding hydrogens is 296 g/mol. The van der Waals surface area contributed by atoms with Crippen LogP contribution in [-0.2, 0) is 6.54 Å². The van der Waals surface area contributed by atoms with Gasteiger partial charge in [-0.1, -0.05) is 29.5 Å². The van der Waals surface area contributed by atoms with Crippen molar-refractivity contribution in [2.75, 3.05) is 18.5 Å². The number of nitrogens with zero attached hydrogens (tertiary/aromatic N) is 1. The second-order valence-corrected chi connectivity index (χ2v) is 6.20. The molecule has 2 heterocycles. The van der Waals surface area contributed by atoms with E-state index in [2.05, 4.69) is 22.4 Å². The van der Waals surface area contributed by atoms with Gasteiger partial charge in [-0.25, -0.2) is 4.98 Å². The summed E-state index contributed by atoms with van der Waals surface area (Å²) in [6.45, 7) is 2.15. The van der Waals surface area contributed by atoms with Crippen LogP contribution in [0.15, 0.2) is 42.5 Å². The maximum Gasteiger partial charge on any atom is 0.184 e. The van der Waals surface area contributed by atoms with Crippen LogP contribution in [0, 0.1) is 0 Å². The van der Waals surface area contributed by atoms with Crippen LogP contribution in [0.4, 0.5) is 5.13 Å². The van der Waals surface area contributed by atoms with Crippen LogP contribution in [0.25, 0.3) is 10.2 Å². The van der Waals surface area contributed by atoms with Crippen LogP contribution >= 0.6 is 11.3 Å². The predicted molar refractivity (Wildman–Crippen MR) is 89.0 cm³/mol. The molecule has 4 nitrogen and oxygen atoms in total. The van der Waals surface area contributed by atoms with Crippen molar-refractivity contribution in [3.63, 3.8) is 0 Å². The summed E-state index contributed by atoms with van der Waals surface area (Å²) in [5.41, 5.74) is 2.19. The van der Waals surface area contributed by atoms with Crippen LogP contribution in [0.5, 0.6) is 11.5 Å². The summed E-state index contributed by atoms with van der Waals surface area (Å²) >= 11 is 1.67. The Bertz CT molecular complexity index is 767. The van der Waals surface area contributed by atoms with Crippen LogP contribution in [0.3, 0.4) is 0 Å². The third-order valence-electron chi connectivity index (χ3n) is 3.55. The van der Waals surface area contributed by atoms with Crippen LogP contribution in [0.2, 0.25) is 0 Å². The zero-order valence-corrected chi connectivity index (χ0v) is 12.9. The lowest BCUT2D eigenvalue weighted by atomic mass is 10.2. The molecule has 0 saturated heterocycles. The van der Waals surface area contributed by atoms with Crippen molar-refractivity contribution in [1.29, 1.82) is 0 Å². The van der Waals surface area contributed by atoms with Crippen LogP contribution in [-0.4, -0.2) is 18.2 Å². The normalized spacial score (nSPS) is 13.8. The smallest absolute Gasteiger partial charge is 0.184 e. The molecule has 5 heteroatoms. The molecule has 0 aliphatic carbocycles. The van der Waals surface area contributed by atoms with Gasteiger partial charge in [0.05, 0.1) is 23.4 Å². The molecule has 0 saturated carbocycles. The van der Waals surface area contributed by atoms with Gasteiger partial charge >= 0.3 is 0 Å². The summed E-state index contributed by atoms with van der Waals surface area (Å²) in [5.74, 6) is 1.67. The SMILES string of the molecule is c1ccc2sc(NCc3ccc4c(c3)OCCCO4)nc2c1. The average molecular weight is 312 g/mol. The zero-order valence-electron chi connectivity index (χ0n) is 12.0. The third-order valence-corrected chi connectivity index (χ3v) is 4.54. The lowest BCUT2D eigenvalue weighted by Crippen LogP contribution is -2.00. The van der Waals surface area contributed by atoms with Gasteiger partial charge in [0, 0.05) is 13.0 Å². The molecule has 1 aliphatic rings. The Hall–Kier alpha value is -2.27. The molecule has 1 aromatic heterocycles. The Morgan fingerprint density at radius 2 is 1.91 bits per heavy atom. The molecule has 0 radical (unpaired) electrons. The predicted octanol–water partition coefficient (Wildman–Crippen LogP) is 4.07. The minimum Gasteiger partial charge on any atom is -0.490 e. The third kappa shape index (κ3) is 2.72. The van der Waals surface area contributed by atoms with Gasteiger partial charge in [-0.2, -0.15) is 0 Å². The quantitative estimate of drug-likeness (QED) is 0.792. The Morgan fingerprint density at radius 3 is 2.82 bits per heavy atom. The molecule has 3 aromatic rings. The number of hydrogen-bond acceptors (Lipinski definition) is 5. The second-order valence-electron chi connectivity index (χ2n) is 5.17. The molecular formula is C17H16N2O2S. The second kappa shape index (κ2) is 5.85. The molecule has 0 unspecified atom stereocenters. The van der Waals surface area contributed by atoms with Crippen LogP contribution in [0.1, 0.15) is 12.0 Å². The molecule has 0 fully saturated rings. The highest BCUT2D eigenvalue weighted by atomic mass is 32.1. The monoisotopic (exact) mass is 312 g/mol.